The van der Waals surface area contributed by atoms with Gasteiger partial charge in [-0.1, -0.05) is 56.1 Å². The number of rotatable bonds is 9. The van der Waals surface area contributed by atoms with E-state index in [2.05, 4.69) is 10.3 Å². The number of aliphatic carboxylic acids is 1. The maximum absolute atomic E-state index is 13.1. The molecule has 2 N–H and O–H groups in total. The Morgan fingerprint density at radius 1 is 1.26 bits per heavy atom. The quantitative estimate of drug-likeness (QED) is 0.460. The summed E-state index contributed by atoms with van der Waals surface area (Å²) in [5.41, 5.74) is 0.160. The van der Waals surface area contributed by atoms with Gasteiger partial charge in [-0.2, -0.15) is 0 Å². The minimum atomic E-state index is -3.52. The maximum Gasteiger partial charge on any atom is 0.304 e. The van der Waals surface area contributed by atoms with Crippen LogP contribution in [0, 0.1) is 11.3 Å². The fourth-order valence-electron chi connectivity index (χ4n) is 4.93. The van der Waals surface area contributed by atoms with Crippen LogP contribution < -0.4 is 5.32 Å². The van der Waals surface area contributed by atoms with Crippen molar-refractivity contribution in [2.45, 2.75) is 57.2 Å². The fourth-order valence-corrected chi connectivity index (χ4v) is 6.75. The van der Waals surface area contributed by atoms with Crippen molar-refractivity contribution >= 4 is 44.9 Å². The molecule has 1 aromatic carbocycles. The number of halogens is 2. The number of hydrogen-bond acceptors (Lipinski definition) is 5. The second kappa shape index (κ2) is 10.8. The summed E-state index contributed by atoms with van der Waals surface area (Å²) >= 11 is 12.2. The van der Waals surface area contributed by atoms with E-state index in [1.54, 1.807) is 32.0 Å². The number of amides is 1. The number of sulfone groups is 1. The van der Waals surface area contributed by atoms with Crippen molar-refractivity contribution in [2.75, 3.05) is 5.75 Å². The first kappa shape index (κ1) is 27.4. The molecule has 35 heavy (non-hydrogen) atoms. The molecular weight excluding hydrogens is 511 g/mol. The van der Waals surface area contributed by atoms with Crippen molar-refractivity contribution in [3.05, 3.63) is 63.9 Å². The van der Waals surface area contributed by atoms with Crippen molar-refractivity contribution in [1.29, 1.82) is 0 Å². The second-order valence-corrected chi connectivity index (χ2v) is 12.9. The molecule has 1 amide bonds. The van der Waals surface area contributed by atoms with E-state index in [-0.39, 0.29) is 36.3 Å². The molecule has 0 aliphatic carbocycles. The summed E-state index contributed by atoms with van der Waals surface area (Å²) < 4.78 is 26.1. The van der Waals surface area contributed by atoms with Crippen LogP contribution in [0.15, 0.2) is 42.6 Å². The van der Waals surface area contributed by atoms with Crippen molar-refractivity contribution in [3.8, 4) is 0 Å². The number of carboxylic acid groups (broad SMARTS) is 1. The Bertz CT molecular complexity index is 1190. The lowest BCUT2D eigenvalue weighted by Crippen LogP contribution is -2.56. The molecule has 5 atom stereocenters. The van der Waals surface area contributed by atoms with Crippen LogP contribution >= 0.6 is 23.2 Å². The molecule has 1 fully saturated rings. The average molecular weight is 541 g/mol. The van der Waals surface area contributed by atoms with Crippen molar-refractivity contribution in [1.82, 2.24) is 10.3 Å². The number of nitrogens with one attached hydrogen (secondary N) is 1. The number of piperidine rings is 1. The van der Waals surface area contributed by atoms with Gasteiger partial charge in [0.15, 0.2) is 9.84 Å². The highest BCUT2D eigenvalue weighted by Gasteiger charge is 2.47. The van der Waals surface area contributed by atoms with Crippen LogP contribution in [0.1, 0.15) is 62.5 Å². The monoisotopic (exact) mass is 540 g/mol. The van der Waals surface area contributed by atoms with E-state index in [0.717, 1.165) is 5.56 Å². The predicted molar refractivity (Wildman–Crippen MR) is 136 cm³/mol. The zero-order valence-corrected chi connectivity index (χ0v) is 22.2. The minimum absolute atomic E-state index is 0.0554. The summed E-state index contributed by atoms with van der Waals surface area (Å²) in [5, 5.41) is 12.5. The normalized spacial score (nSPS) is 24.4. The molecule has 1 saturated heterocycles. The van der Waals surface area contributed by atoms with Crippen LogP contribution in [-0.2, 0) is 19.4 Å². The van der Waals surface area contributed by atoms with E-state index >= 15 is 0 Å². The van der Waals surface area contributed by atoms with Crippen LogP contribution in [0.25, 0.3) is 0 Å². The van der Waals surface area contributed by atoms with E-state index in [9.17, 15) is 23.1 Å². The Morgan fingerprint density at radius 3 is 2.54 bits per heavy atom. The van der Waals surface area contributed by atoms with Crippen LogP contribution in [-0.4, -0.2) is 42.2 Å². The van der Waals surface area contributed by atoms with E-state index in [0.29, 0.717) is 22.2 Å². The number of nitrogens with zero attached hydrogens (tertiary/aromatic N) is 1. The molecule has 0 spiro atoms. The number of aromatic nitrogens is 1. The standard InChI is InChI=1S/C25H30Cl2N2O5S/c1-4-35(33,34)21(20-9-8-18(27)14-28-20)10-15(2)23-19(16-6-5-7-17(26)11-16)12-25(3,13-22(30)31)24(32)29-23/h5-9,11,14-15,19,21,23H,4,10,12-13H2,1-3H3,(H,29,32)(H,30,31). The molecule has 5 unspecified atom stereocenters. The molecule has 2 heterocycles. The zero-order valence-electron chi connectivity index (χ0n) is 19.9. The molecule has 0 saturated carbocycles. The first-order valence-electron chi connectivity index (χ1n) is 11.5. The lowest BCUT2D eigenvalue weighted by atomic mass is 9.67. The molecule has 0 radical (unpaired) electrons. The van der Waals surface area contributed by atoms with Gasteiger partial charge in [0.05, 0.1) is 22.6 Å². The topological polar surface area (TPSA) is 113 Å². The molecule has 3 rings (SSSR count). The van der Waals surface area contributed by atoms with Gasteiger partial charge >= 0.3 is 5.97 Å². The van der Waals surface area contributed by atoms with E-state index < -0.39 is 32.5 Å². The smallest absolute Gasteiger partial charge is 0.304 e. The van der Waals surface area contributed by atoms with Gasteiger partial charge in [-0.05, 0) is 48.6 Å². The van der Waals surface area contributed by atoms with Crippen molar-refractivity contribution in [2.24, 2.45) is 11.3 Å². The number of hydrogen-bond donors (Lipinski definition) is 2. The first-order valence-corrected chi connectivity index (χ1v) is 13.9. The molecule has 1 aliphatic heterocycles. The Kier molecular flexibility index (Phi) is 8.50. The third-order valence-corrected chi connectivity index (χ3v) is 9.45. The van der Waals surface area contributed by atoms with E-state index in [1.807, 2.05) is 25.1 Å². The number of benzene rings is 1. The van der Waals surface area contributed by atoms with Crippen molar-refractivity contribution < 1.29 is 23.1 Å². The first-order chi connectivity index (χ1) is 16.4. The van der Waals surface area contributed by atoms with E-state index in [1.165, 1.54) is 6.20 Å². The molecular formula is C25H30Cl2N2O5S. The third kappa shape index (κ3) is 6.35. The zero-order chi connectivity index (χ0) is 26.0. The SMILES string of the molecule is CCS(=O)(=O)C(CC(C)C1NC(=O)C(C)(CC(=O)O)CC1c1cccc(Cl)c1)c1ccc(Cl)cn1. The van der Waals surface area contributed by atoms with Crippen LogP contribution in [0.5, 0.6) is 0 Å². The largest absolute Gasteiger partial charge is 0.481 e. The van der Waals surface area contributed by atoms with Gasteiger partial charge in [0.2, 0.25) is 5.91 Å². The summed E-state index contributed by atoms with van der Waals surface area (Å²) in [7, 11) is -3.52. The van der Waals surface area contributed by atoms with Gasteiger partial charge in [0, 0.05) is 28.9 Å². The summed E-state index contributed by atoms with van der Waals surface area (Å²) in [4.78, 5) is 28.9. The number of carboxylic acids is 1. The van der Waals surface area contributed by atoms with Gasteiger partial charge in [0.25, 0.3) is 0 Å². The summed E-state index contributed by atoms with van der Waals surface area (Å²) in [6.07, 6.45) is 1.64. The molecule has 1 aliphatic rings. The van der Waals surface area contributed by atoms with Gasteiger partial charge in [-0.25, -0.2) is 8.42 Å². The molecule has 0 bridgehead atoms. The highest BCUT2D eigenvalue weighted by atomic mass is 35.5. The second-order valence-electron chi connectivity index (χ2n) is 9.55. The number of carbonyl (C=O) groups is 2. The molecule has 1 aromatic heterocycles. The van der Waals surface area contributed by atoms with E-state index in [4.69, 9.17) is 23.2 Å². The lowest BCUT2D eigenvalue weighted by molar-refractivity contribution is -0.147. The molecule has 190 valence electrons. The summed E-state index contributed by atoms with van der Waals surface area (Å²) in [6.45, 7) is 5.14. The van der Waals surface area contributed by atoms with Gasteiger partial charge in [-0.3, -0.25) is 14.6 Å². The predicted octanol–water partition coefficient (Wildman–Crippen LogP) is 5.04. The molecule has 7 nitrogen and oxygen atoms in total. The average Bonchev–Trinajstić information content (AvgIpc) is 2.79. The van der Waals surface area contributed by atoms with Crippen LogP contribution in [0.4, 0.5) is 0 Å². The fraction of sp³-hybridized carbons (Fsp3) is 0.480. The summed E-state index contributed by atoms with van der Waals surface area (Å²) in [5.74, 6) is -1.99. The number of pyridine rings is 1. The molecule has 2 aromatic rings. The molecule has 10 heteroatoms. The Hall–Kier alpha value is -2.16. The number of carbonyl (C=O) groups excluding carboxylic acids is 1. The Balaban J connectivity index is 1.99. The maximum atomic E-state index is 13.1. The van der Waals surface area contributed by atoms with Gasteiger partial charge < -0.3 is 10.4 Å². The van der Waals surface area contributed by atoms with Crippen LogP contribution in [0.2, 0.25) is 10.0 Å². The Morgan fingerprint density at radius 2 is 1.97 bits per heavy atom. The van der Waals surface area contributed by atoms with Crippen LogP contribution in [0.3, 0.4) is 0 Å². The highest BCUT2D eigenvalue weighted by Crippen LogP contribution is 2.45. The Labute approximate surface area is 216 Å². The third-order valence-electron chi connectivity index (χ3n) is 6.88. The van der Waals surface area contributed by atoms with Gasteiger partial charge in [-0.15, -0.1) is 0 Å². The summed E-state index contributed by atoms with van der Waals surface area (Å²) in [6, 6.07) is 10.1. The lowest BCUT2D eigenvalue weighted by Gasteiger charge is -2.45. The van der Waals surface area contributed by atoms with Crippen molar-refractivity contribution in [3.63, 3.8) is 0 Å². The minimum Gasteiger partial charge on any atom is -0.481 e. The van der Waals surface area contributed by atoms with Gasteiger partial charge in [0.1, 0.15) is 5.25 Å². The highest BCUT2D eigenvalue weighted by molar-refractivity contribution is 7.91.